The summed E-state index contributed by atoms with van der Waals surface area (Å²) >= 11 is 0. The van der Waals surface area contributed by atoms with Gasteiger partial charge in [0.05, 0.1) is 5.69 Å². The minimum atomic E-state index is -0.348. The maximum absolute atomic E-state index is 14.6. The van der Waals surface area contributed by atoms with Gasteiger partial charge in [-0.05, 0) is 35.7 Å². The fraction of sp³-hybridized carbons (Fsp3) is 0.154. The number of nitrogens with zero attached hydrogens (tertiary/aromatic N) is 2. The molecule has 0 aliphatic heterocycles. The quantitative estimate of drug-likeness (QED) is 0.455. The van der Waals surface area contributed by atoms with Crippen LogP contribution in [0.1, 0.15) is 34.9 Å². The molecule has 1 heterocycles. The maximum Gasteiger partial charge on any atom is 0.221 e. The van der Waals surface area contributed by atoms with Gasteiger partial charge in [0.1, 0.15) is 11.6 Å². The molecule has 4 aromatic rings. The summed E-state index contributed by atoms with van der Waals surface area (Å²) in [6, 6.07) is 25.0. The van der Waals surface area contributed by atoms with Gasteiger partial charge in [0.2, 0.25) is 5.91 Å². The van der Waals surface area contributed by atoms with E-state index in [9.17, 15) is 9.18 Å². The number of aromatic nitrogens is 2. The van der Waals surface area contributed by atoms with Crippen LogP contribution in [0.4, 0.5) is 4.39 Å². The van der Waals surface area contributed by atoms with E-state index in [4.69, 9.17) is 0 Å². The van der Waals surface area contributed by atoms with Crippen molar-refractivity contribution in [3.8, 4) is 5.69 Å². The van der Waals surface area contributed by atoms with E-state index in [1.165, 1.54) is 6.07 Å². The molecule has 0 saturated carbocycles. The van der Waals surface area contributed by atoms with Crippen molar-refractivity contribution in [1.29, 1.82) is 0 Å². The zero-order chi connectivity index (χ0) is 21.6. The number of carbonyl (C=O) groups is 1. The van der Waals surface area contributed by atoms with E-state index in [-0.39, 0.29) is 24.2 Å². The van der Waals surface area contributed by atoms with Crippen LogP contribution in [0, 0.1) is 12.7 Å². The van der Waals surface area contributed by atoms with Crippen LogP contribution in [-0.2, 0) is 11.3 Å². The van der Waals surface area contributed by atoms with Gasteiger partial charge >= 0.3 is 0 Å². The molecule has 0 unspecified atom stereocenters. The van der Waals surface area contributed by atoms with Gasteiger partial charge in [0.25, 0.3) is 0 Å². The first-order chi connectivity index (χ1) is 15.1. The summed E-state index contributed by atoms with van der Waals surface area (Å²) in [6.07, 6.45) is 3.68. The molecule has 0 bridgehead atoms. The van der Waals surface area contributed by atoms with Crippen molar-refractivity contribution in [3.63, 3.8) is 0 Å². The molecule has 1 aromatic heterocycles. The third-order valence-electron chi connectivity index (χ3n) is 5.38. The van der Waals surface area contributed by atoms with Crippen LogP contribution in [-0.4, -0.2) is 15.5 Å². The molecular weight excluding hydrogens is 389 g/mol. The van der Waals surface area contributed by atoms with Crippen LogP contribution < -0.4 is 5.32 Å². The third-order valence-corrected chi connectivity index (χ3v) is 5.38. The number of imidazole rings is 1. The van der Waals surface area contributed by atoms with E-state index in [1.54, 1.807) is 23.0 Å². The van der Waals surface area contributed by atoms with Crippen LogP contribution in [0.5, 0.6) is 0 Å². The molecule has 0 spiro atoms. The lowest BCUT2D eigenvalue weighted by Gasteiger charge is -2.18. The predicted octanol–water partition coefficient (Wildman–Crippen LogP) is 5.16. The Balaban J connectivity index is 1.44. The minimum Gasteiger partial charge on any atom is -0.352 e. The predicted molar refractivity (Wildman–Crippen MR) is 119 cm³/mol. The molecule has 0 atom stereocenters. The summed E-state index contributed by atoms with van der Waals surface area (Å²) in [6.45, 7) is 2.10. The summed E-state index contributed by atoms with van der Waals surface area (Å²) in [5.74, 6) is 0.255. The second-order valence-corrected chi connectivity index (χ2v) is 7.49. The standard InChI is InChI=1S/C26H24FN3O/c1-19-28-14-15-30(19)25-13-12-20(16-24(25)27)18-29-26(31)17-23(21-8-4-2-5-9-21)22-10-6-3-7-11-22/h2-16,23H,17-18H2,1H3,(H,29,31). The second kappa shape index (κ2) is 9.39. The number of halogens is 1. The van der Waals surface area contributed by atoms with Crippen LogP contribution in [0.3, 0.4) is 0 Å². The molecule has 4 nitrogen and oxygen atoms in total. The Morgan fingerprint density at radius 2 is 1.65 bits per heavy atom. The smallest absolute Gasteiger partial charge is 0.221 e. The first kappa shape index (κ1) is 20.5. The van der Waals surface area contributed by atoms with Gasteiger partial charge in [-0.3, -0.25) is 4.79 Å². The first-order valence-corrected chi connectivity index (χ1v) is 10.3. The number of hydrogen-bond donors (Lipinski definition) is 1. The van der Waals surface area contributed by atoms with E-state index in [1.807, 2.05) is 73.7 Å². The molecule has 5 heteroatoms. The average molecular weight is 413 g/mol. The number of nitrogens with one attached hydrogen (secondary N) is 1. The topological polar surface area (TPSA) is 46.9 Å². The van der Waals surface area contributed by atoms with Gasteiger partial charge < -0.3 is 9.88 Å². The summed E-state index contributed by atoms with van der Waals surface area (Å²) in [7, 11) is 0. The monoisotopic (exact) mass is 413 g/mol. The number of aryl methyl sites for hydroxylation is 1. The van der Waals surface area contributed by atoms with Crippen molar-refractivity contribution in [2.24, 2.45) is 0 Å². The van der Waals surface area contributed by atoms with Gasteiger partial charge in [0, 0.05) is 31.3 Å². The van der Waals surface area contributed by atoms with Crippen molar-refractivity contribution >= 4 is 5.91 Å². The molecule has 4 rings (SSSR count). The number of carbonyl (C=O) groups excluding carboxylic acids is 1. The zero-order valence-corrected chi connectivity index (χ0v) is 17.3. The molecule has 0 aliphatic carbocycles. The number of hydrogen-bond acceptors (Lipinski definition) is 2. The first-order valence-electron chi connectivity index (χ1n) is 10.3. The van der Waals surface area contributed by atoms with E-state index >= 15 is 0 Å². The Kier molecular flexibility index (Phi) is 6.22. The molecule has 0 fully saturated rings. The molecule has 0 radical (unpaired) electrons. The second-order valence-electron chi connectivity index (χ2n) is 7.49. The van der Waals surface area contributed by atoms with Crippen molar-refractivity contribution in [3.05, 3.63) is 120 Å². The lowest BCUT2D eigenvalue weighted by atomic mass is 9.88. The Hall–Kier alpha value is -3.73. The van der Waals surface area contributed by atoms with Crippen LogP contribution in [0.15, 0.2) is 91.3 Å². The largest absolute Gasteiger partial charge is 0.352 e. The minimum absolute atomic E-state index is 0.0364. The van der Waals surface area contributed by atoms with Crippen LogP contribution in [0.2, 0.25) is 0 Å². The highest BCUT2D eigenvalue weighted by molar-refractivity contribution is 5.77. The average Bonchev–Trinajstić information content (AvgIpc) is 3.23. The molecular formula is C26H24FN3O. The van der Waals surface area contributed by atoms with Gasteiger partial charge in [-0.25, -0.2) is 9.37 Å². The molecule has 3 aromatic carbocycles. The van der Waals surface area contributed by atoms with Crippen molar-refractivity contribution in [1.82, 2.24) is 14.9 Å². The fourth-order valence-electron chi connectivity index (χ4n) is 3.75. The summed E-state index contributed by atoms with van der Waals surface area (Å²) in [5, 5.41) is 2.94. The number of rotatable bonds is 7. The highest BCUT2D eigenvalue weighted by Crippen LogP contribution is 2.27. The molecule has 1 N–H and O–H groups in total. The Labute approximate surface area is 181 Å². The summed E-state index contributed by atoms with van der Waals surface area (Å²) in [4.78, 5) is 16.9. The normalized spacial score (nSPS) is 10.9. The zero-order valence-electron chi connectivity index (χ0n) is 17.3. The van der Waals surface area contributed by atoms with E-state index < -0.39 is 0 Å². The SMILES string of the molecule is Cc1nccn1-c1ccc(CNC(=O)CC(c2ccccc2)c2ccccc2)cc1F. The number of amides is 1. The molecule has 156 valence electrons. The third kappa shape index (κ3) is 4.89. The lowest BCUT2D eigenvalue weighted by molar-refractivity contribution is -0.121. The van der Waals surface area contributed by atoms with Crippen molar-refractivity contribution in [2.75, 3.05) is 0 Å². The van der Waals surface area contributed by atoms with Crippen molar-refractivity contribution < 1.29 is 9.18 Å². The van der Waals surface area contributed by atoms with Gasteiger partial charge in [-0.1, -0.05) is 66.7 Å². The van der Waals surface area contributed by atoms with Crippen LogP contribution >= 0.6 is 0 Å². The van der Waals surface area contributed by atoms with Gasteiger partial charge in [-0.15, -0.1) is 0 Å². The fourth-order valence-corrected chi connectivity index (χ4v) is 3.75. The summed E-state index contributed by atoms with van der Waals surface area (Å²) < 4.78 is 16.3. The maximum atomic E-state index is 14.6. The highest BCUT2D eigenvalue weighted by atomic mass is 19.1. The van der Waals surface area contributed by atoms with E-state index in [2.05, 4.69) is 10.3 Å². The van der Waals surface area contributed by atoms with Gasteiger partial charge in [0.15, 0.2) is 0 Å². The van der Waals surface area contributed by atoms with Crippen LogP contribution in [0.25, 0.3) is 5.69 Å². The molecule has 0 aliphatic rings. The van der Waals surface area contributed by atoms with Gasteiger partial charge in [-0.2, -0.15) is 0 Å². The lowest BCUT2D eigenvalue weighted by Crippen LogP contribution is -2.25. The Bertz CT molecular complexity index is 1120. The van der Waals surface area contributed by atoms with E-state index in [0.717, 1.165) is 11.1 Å². The summed E-state index contributed by atoms with van der Waals surface area (Å²) in [5.41, 5.74) is 3.34. The Morgan fingerprint density at radius 3 is 2.19 bits per heavy atom. The van der Waals surface area contributed by atoms with E-state index in [0.29, 0.717) is 23.5 Å². The highest BCUT2D eigenvalue weighted by Gasteiger charge is 2.18. The molecule has 1 amide bonds. The number of benzene rings is 3. The van der Waals surface area contributed by atoms with Crippen molar-refractivity contribution in [2.45, 2.75) is 25.8 Å². The molecule has 0 saturated heterocycles. The Morgan fingerprint density at radius 1 is 1.00 bits per heavy atom. The molecule has 31 heavy (non-hydrogen) atoms.